The Hall–Kier alpha value is -1.89. The Morgan fingerprint density at radius 3 is 2.60 bits per heavy atom. The predicted octanol–water partition coefficient (Wildman–Crippen LogP) is 6.81. The lowest BCUT2D eigenvalue weighted by molar-refractivity contribution is 0.0600. The van der Waals surface area contributed by atoms with Gasteiger partial charge in [-0.25, -0.2) is 4.79 Å². The number of benzene rings is 1. The first-order valence-electron chi connectivity index (χ1n) is 9.92. The van der Waals surface area contributed by atoms with E-state index in [9.17, 15) is 9.59 Å². The van der Waals surface area contributed by atoms with Gasteiger partial charge in [-0.05, 0) is 42.2 Å². The van der Waals surface area contributed by atoms with Crippen molar-refractivity contribution in [3.8, 4) is 0 Å². The Kier molecular flexibility index (Phi) is 5.68. The van der Waals surface area contributed by atoms with E-state index in [0.717, 1.165) is 34.9 Å². The fourth-order valence-electron chi connectivity index (χ4n) is 4.05. The summed E-state index contributed by atoms with van der Waals surface area (Å²) in [6.45, 7) is 6.76. The van der Waals surface area contributed by atoms with Crippen LogP contribution in [-0.2, 0) is 17.6 Å². The Morgan fingerprint density at radius 2 is 1.93 bits per heavy atom. The number of esters is 1. The van der Waals surface area contributed by atoms with Crippen LogP contribution in [0.5, 0.6) is 0 Å². The first-order chi connectivity index (χ1) is 14.2. The van der Waals surface area contributed by atoms with Crippen LogP contribution in [0.3, 0.4) is 0 Å². The number of halogens is 1. The molecule has 1 aliphatic carbocycles. The number of nitrogens with one attached hydrogen (secondary N) is 1. The molecule has 1 unspecified atom stereocenters. The van der Waals surface area contributed by atoms with Crippen LogP contribution in [0.25, 0.3) is 10.1 Å². The maximum Gasteiger partial charge on any atom is 0.341 e. The van der Waals surface area contributed by atoms with Crippen LogP contribution in [-0.4, -0.2) is 19.0 Å². The van der Waals surface area contributed by atoms with E-state index in [1.165, 1.54) is 34.7 Å². The number of anilines is 1. The molecule has 1 amide bonds. The van der Waals surface area contributed by atoms with Gasteiger partial charge in [-0.2, -0.15) is 0 Å². The van der Waals surface area contributed by atoms with Gasteiger partial charge < -0.3 is 10.1 Å². The molecule has 0 aliphatic heterocycles. The molecule has 0 spiro atoms. The van der Waals surface area contributed by atoms with Gasteiger partial charge >= 0.3 is 5.97 Å². The second kappa shape index (κ2) is 7.98. The van der Waals surface area contributed by atoms with Crippen molar-refractivity contribution in [2.75, 3.05) is 12.4 Å². The number of fused-ring (bicyclic) bond motifs is 2. The van der Waals surface area contributed by atoms with Crippen molar-refractivity contribution in [3.63, 3.8) is 0 Å². The van der Waals surface area contributed by atoms with E-state index in [1.807, 2.05) is 24.3 Å². The molecule has 4 nitrogen and oxygen atoms in total. The minimum atomic E-state index is -0.403. The molecule has 4 rings (SSSR count). The van der Waals surface area contributed by atoms with E-state index in [1.54, 1.807) is 0 Å². The second-order valence-corrected chi connectivity index (χ2v) is 11.2. The van der Waals surface area contributed by atoms with Crippen LogP contribution in [0.4, 0.5) is 5.00 Å². The predicted molar refractivity (Wildman–Crippen MR) is 125 cm³/mol. The third-order valence-electron chi connectivity index (χ3n) is 5.85. The Bertz CT molecular complexity index is 1140. The number of amides is 1. The number of hydrogen-bond donors (Lipinski definition) is 1. The van der Waals surface area contributed by atoms with Gasteiger partial charge in [-0.3, -0.25) is 4.79 Å². The summed E-state index contributed by atoms with van der Waals surface area (Å²) in [6.07, 6.45) is 2.75. The van der Waals surface area contributed by atoms with Crippen LogP contribution in [0.2, 0.25) is 5.02 Å². The van der Waals surface area contributed by atoms with Crippen molar-refractivity contribution in [2.45, 2.75) is 40.0 Å². The summed E-state index contributed by atoms with van der Waals surface area (Å²) in [4.78, 5) is 27.3. The van der Waals surface area contributed by atoms with Crippen molar-refractivity contribution in [1.82, 2.24) is 0 Å². The normalized spacial score (nSPS) is 16.4. The van der Waals surface area contributed by atoms with Crippen molar-refractivity contribution < 1.29 is 14.3 Å². The highest BCUT2D eigenvalue weighted by Crippen LogP contribution is 2.45. The molecule has 1 aromatic carbocycles. The van der Waals surface area contributed by atoms with Gasteiger partial charge in [0.05, 0.1) is 17.7 Å². The first-order valence-corrected chi connectivity index (χ1v) is 11.9. The quantitative estimate of drug-likeness (QED) is 0.436. The molecule has 2 heterocycles. The molecule has 0 saturated heterocycles. The van der Waals surface area contributed by atoms with Crippen LogP contribution < -0.4 is 5.32 Å². The van der Waals surface area contributed by atoms with Gasteiger partial charge in [-0.1, -0.05) is 50.6 Å². The lowest BCUT2D eigenvalue weighted by atomic mass is 9.72. The Balaban J connectivity index is 1.70. The fraction of sp³-hybridized carbons (Fsp3) is 0.391. The van der Waals surface area contributed by atoms with E-state index in [4.69, 9.17) is 16.3 Å². The van der Waals surface area contributed by atoms with Gasteiger partial charge in [0.25, 0.3) is 5.91 Å². The molecule has 7 heteroatoms. The standard InChI is InChI=1S/C23H24ClNO3S2/c1-23(2,3)12-9-10-13-16(11-12)30-21(17(13)22(27)28-4)25-20(26)19-18(24)14-7-5-6-8-15(14)29-19/h5-8,12H,9-11H2,1-4H3,(H,25,26). The van der Waals surface area contributed by atoms with Crippen LogP contribution in [0.15, 0.2) is 24.3 Å². The fourth-order valence-corrected chi connectivity index (χ4v) is 6.77. The Labute approximate surface area is 189 Å². The molecule has 1 aliphatic rings. The average molecular weight is 462 g/mol. The first kappa shape index (κ1) is 21.3. The zero-order valence-electron chi connectivity index (χ0n) is 17.4. The van der Waals surface area contributed by atoms with Gasteiger partial charge in [0.15, 0.2) is 0 Å². The van der Waals surface area contributed by atoms with Gasteiger partial charge in [0, 0.05) is 15.0 Å². The van der Waals surface area contributed by atoms with E-state index in [-0.39, 0.29) is 11.3 Å². The summed E-state index contributed by atoms with van der Waals surface area (Å²) < 4.78 is 6.01. The topological polar surface area (TPSA) is 55.4 Å². The highest BCUT2D eigenvalue weighted by Gasteiger charge is 2.34. The molecule has 0 saturated carbocycles. The second-order valence-electron chi connectivity index (χ2n) is 8.70. The van der Waals surface area contributed by atoms with E-state index >= 15 is 0 Å². The third kappa shape index (κ3) is 3.77. The van der Waals surface area contributed by atoms with E-state index < -0.39 is 5.97 Å². The van der Waals surface area contributed by atoms with Gasteiger partial charge in [-0.15, -0.1) is 22.7 Å². The maximum atomic E-state index is 13.1. The zero-order valence-corrected chi connectivity index (χ0v) is 19.8. The third-order valence-corrected chi connectivity index (χ3v) is 8.69. The largest absolute Gasteiger partial charge is 0.465 e. The molecular formula is C23H24ClNO3S2. The van der Waals surface area contributed by atoms with Crippen LogP contribution in [0, 0.1) is 11.3 Å². The summed E-state index contributed by atoms with van der Waals surface area (Å²) in [5.74, 6) is -0.161. The van der Waals surface area contributed by atoms with Crippen molar-refractivity contribution in [2.24, 2.45) is 11.3 Å². The van der Waals surface area contributed by atoms with E-state index in [0.29, 0.717) is 26.4 Å². The van der Waals surface area contributed by atoms with Crippen LogP contribution in [0.1, 0.15) is 57.7 Å². The molecule has 158 valence electrons. The summed E-state index contributed by atoms with van der Waals surface area (Å²) in [6, 6.07) is 7.67. The number of carbonyl (C=O) groups is 2. The SMILES string of the molecule is COC(=O)c1c(NC(=O)c2sc3ccccc3c2Cl)sc2c1CCC(C(C)(C)C)C2. The number of methoxy groups -OCH3 is 1. The van der Waals surface area contributed by atoms with Crippen molar-refractivity contribution in [3.05, 3.63) is 50.2 Å². The number of carbonyl (C=O) groups excluding carboxylic acids is 2. The highest BCUT2D eigenvalue weighted by atomic mass is 35.5. The lowest BCUT2D eigenvalue weighted by Crippen LogP contribution is -2.26. The highest BCUT2D eigenvalue weighted by molar-refractivity contribution is 7.22. The molecule has 3 aromatic rings. The Morgan fingerprint density at radius 1 is 1.20 bits per heavy atom. The summed E-state index contributed by atoms with van der Waals surface area (Å²) in [7, 11) is 1.38. The summed E-state index contributed by atoms with van der Waals surface area (Å²) in [5.41, 5.74) is 1.71. The van der Waals surface area contributed by atoms with Crippen molar-refractivity contribution >= 4 is 61.2 Å². The number of ether oxygens (including phenoxy) is 1. The molecule has 0 fully saturated rings. The molecule has 1 N–H and O–H groups in total. The maximum absolute atomic E-state index is 13.1. The monoisotopic (exact) mass is 461 g/mol. The number of thiophene rings is 2. The smallest absolute Gasteiger partial charge is 0.341 e. The number of rotatable bonds is 3. The van der Waals surface area contributed by atoms with E-state index in [2.05, 4.69) is 26.1 Å². The van der Waals surface area contributed by atoms with Gasteiger partial charge in [0.2, 0.25) is 0 Å². The van der Waals surface area contributed by atoms with Crippen molar-refractivity contribution in [1.29, 1.82) is 0 Å². The minimum absolute atomic E-state index is 0.196. The molecule has 30 heavy (non-hydrogen) atoms. The number of hydrogen-bond acceptors (Lipinski definition) is 5. The lowest BCUT2D eigenvalue weighted by Gasteiger charge is -2.33. The minimum Gasteiger partial charge on any atom is -0.465 e. The molecule has 0 radical (unpaired) electrons. The van der Waals surface area contributed by atoms with Crippen LogP contribution >= 0.6 is 34.3 Å². The molecule has 0 bridgehead atoms. The van der Waals surface area contributed by atoms with Gasteiger partial charge in [0.1, 0.15) is 9.88 Å². The average Bonchev–Trinajstić information content (AvgIpc) is 3.24. The molecular weight excluding hydrogens is 438 g/mol. The molecule has 2 aromatic heterocycles. The molecule has 1 atom stereocenters. The summed E-state index contributed by atoms with van der Waals surface area (Å²) >= 11 is 9.32. The zero-order chi connectivity index (χ0) is 21.6. The summed E-state index contributed by atoms with van der Waals surface area (Å²) in [5, 5.41) is 4.82.